The number of ether oxygens (including phenoxy) is 1. The van der Waals surface area contributed by atoms with Gasteiger partial charge in [-0.2, -0.15) is 9.78 Å². The molecule has 3 aromatic rings. The maximum Gasteiger partial charge on any atom is 0.349 e. The standard InChI is InChI=1S/C17H15Cl2N5O5/c1-7(2)9-5-13(21-22-15(9)26)29-14-10(18)3-8(4-11(14)19)24-17(28)20-16(27)12(6-25)23-24/h3-5,7,25H,6H2,1-2H3,(H,22,26)(H,20,27,28). The average Bonchev–Trinajstić information content (AvgIpc) is 2.65. The minimum atomic E-state index is -0.836. The highest BCUT2D eigenvalue weighted by molar-refractivity contribution is 6.37. The quantitative estimate of drug-likeness (QED) is 0.548. The fourth-order valence-electron chi connectivity index (χ4n) is 2.47. The molecule has 0 radical (unpaired) electrons. The second kappa shape index (κ2) is 8.19. The molecular weight excluding hydrogens is 425 g/mol. The van der Waals surface area contributed by atoms with E-state index < -0.39 is 17.9 Å². The van der Waals surface area contributed by atoms with Crippen LogP contribution in [0.1, 0.15) is 31.0 Å². The van der Waals surface area contributed by atoms with Gasteiger partial charge in [0.1, 0.15) is 0 Å². The van der Waals surface area contributed by atoms with Gasteiger partial charge >= 0.3 is 5.69 Å². The largest absolute Gasteiger partial charge is 0.434 e. The van der Waals surface area contributed by atoms with E-state index >= 15 is 0 Å². The van der Waals surface area contributed by atoms with Crippen LogP contribution in [0.4, 0.5) is 0 Å². The fourth-order valence-corrected chi connectivity index (χ4v) is 3.02. The number of nitrogens with zero attached hydrogens (tertiary/aromatic N) is 3. The lowest BCUT2D eigenvalue weighted by Gasteiger charge is -2.12. The molecule has 0 aliphatic rings. The summed E-state index contributed by atoms with van der Waals surface area (Å²) in [5.74, 6) is 0.0641. The molecule has 0 atom stereocenters. The van der Waals surface area contributed by atoms with Crippen molar-refractivity contribution in [2.24, 2.45) is 0 Å². The van der Waals surface area contributed by atoms with Gasteiger partial charge in [0.25, 0.3) is 11.1 Å². The molecule has 0 spiro atoms. The van der Waals surface area contributed by atoms with Gasteiger partial charge in [0.2, 0.25) is 5.88 Å². The maximum atomic E-state index is 12.0. The summed E-state index contributed by atoms with van der Waals surface area (Å²) in [6.45, 7) is 3.03. The van der Waals surface area contributed by atoms with Crippen LogP contribution >= 0.6 is 23.2 Å². The van der Waals surface area contributed by atoms with Gasteiger partial charge in [0.05, 0.1) is 22.3 Å². The van der Waals surface area contributed by atoms with E-state index in [-0.39, 0.29) is 44.5 Å². The Morgan fingerprint density at radius 3 is 2.38 bits per heavy atom. The predicted molar refractivity (Wildman–Crippen MR) is 105 cm³/mol. The number of aromatic amines is 2. The Balaban J connectivity index is 2.04. The van der Waals surface area contributed by atoms with Crippen molar-refractivity contribution in [3.8, 4) is 17.3 Å². The highest BCUT2D eigenvalue weighted by atomic mass is 35.5. The van der Waals surface area contributed by atoms with Crippen molar-refractivity contribution >= 4 is 23.2 Å². The van der Waals surface area contributed by atoms with E-state index in [0.717, 1.165) is 4.68 Å². The number of hydrogen-bond donors (Lipinski definition) is 3. The van der Waals surface area contributed by atoms with Gasteiger partial charge in [-0.05, 0) is 18.1 Å². The van der Waals surface area contributed by atoms with Crippen LogP contribution in [0.3, 0.4) is 0 Å². The van der Waals surface area contributed by atoms with Crippen molar-refractivity contribution in [1.82, 2.24) is 25.0 Å². The topological polar surface area (TPSA) is 143 Å². The highest BCUT2D eigenvalue weighted by Crippen LogP contribution is 2.37. The minimum absolute atomic E-state index is 0.0250. The molecule has 2 heterocycles. The molecule has 3 rings (SSSR count). The molecule has 0 aliphatic heterocycles. The molecule has 0 aliphatic carbocycles. The van der Waals surface area contributed by atoms with Crippen molar-refractivity contribution in [2.75, 3.05) is 0 Å². The van der Waals surface area contributed by atoms with Crippen molar-refractivity contribution < 1.29 is 9.84 Å². The Bertz CT molecular complexity index is 1220. The number of H-pyrrole nitrogens is 2. The molecule has 0 amide bonds. The summed E-state index contributed by atoms with van der Waals surface area (Å²) < 4.78 is 6.46. The molecule has 0 bridgehead atoms. The lowest BCUT2D eigenvalue weighted by molar-refractivity contribution is 0.271. The van der Waals surface area contributed by atoms with Crippen LogP contribution in [-0.4, -0.2) is 30.1 Å². The summed E-state index contributed by atoms with van der Waals surface area (Å²) in [7, 11) is 0. The third-order valence-corrected chi connectivity index (χ3v) is 4.47. The number of hydrogen-bond acceptors (Lipinski definition) is 7. The number of aliphatic hydroxyl groups excluding tert-OH is 1. The first kappa shape index (κ1) is 20.8. The summed E-state index contributed by atoms with van der Waals surface area (Å²) in [6, 6.07) is 4.16. The summed E-state index contributed by atoms with van der Waals surface area (Å²) >= 11 is 12.5. The Labute approximate surface area is 172 Å². The molecule has 0 fully saturated rings. The van der Waals surface area contributed by atoms with Gasteiger partial charge in [-0.15, -0.1) is 5.10 Å². The summed E-state index contributed by atoms with van der Waals surface area (Å²) in [6.07, 6.45) is 0. The lowest BCUT2D eigenvalue weighted by atomic mass is 10.1. The molecule has 3 N–H and O–H groups in total. The molecule has 0 unspecified atom stereocenters. The molecule has 29 heavy (non-hydrogen) atoms. The van der Waals surface area contributed by atoms with Gasteiger partial charge in [0.15, 0.2) is 11.4 Å². The monoisotopic (exact) mass is 439 g/mol. The zero-order chi connectivity index (χ0) is 21.3. The van der Waals surface area contributed by atoms with E-state index in [0.29, 0.717) is 5.56 Å². The van der Waals surface area contributed by atoms with Crippen LogP contribution < -0.4 is 21.5 Å². The van der Waals surface area contributed by atoms with E-state index in [1.54, 1.807) is 0 Å². The zero-order valence-electron chi connectivity index (χ0n) is 15.2. The van der Waals surface area contributed by atoms with E-state index in [9.17, 15) is 19.5 Å². The first-order chi connectivity index (χ1) is 13.7. The highest BCUT2D eigenvalue weighted by Gasteiger charge is 2.16. The summed E-state index contributed by atoms with van der Waals surface area (Å²) in [5.41, 5.74) is -1.60. The third kappa shape index (κ3) is 4.24. The van der Waals surface area contributed by atoms with E-state index in [4.69, 9.17) is 27.9 Å². The van der Waals surface area contributed by atoms with Gasteiger partial charge in [0, 0.05) is 11.6 Å². The van der Waals surface area contributed by atoms with Crippen LogP contribution in [0.2, 0.25) is 10.0 Å². The normalized spacial score (nSPS) is 11.1. The Morgan fingerprint density at radius 1 is 1.14 bits per heavy atom. The Kier molecular flexibility index (Phi) is 5.87. The van der Waals surface area contributed by atoms with E-state index in [1.807, 2.05) is 18.8 Å². The number of rotatable bonds is 5. The smallest absolute Gasteiger partial charge is 0.349 e. The summed E-state index contributed by atoms with van der Waals surface area (Å²) in [5, 5.41) is 19.2. The van der Waals surface area contributed by atoms with Crippen molar-refractivity contribution in [1.29, 1.82) is 0 Å². The molecule has 1 aromatic carbocycles. The van der Waals surface area contributed by atoms with Crippen LogP contribution in [0.5, 0.6) is 11.6 Å². The van der Waals surface area contributed by atoms with Crippen LogP contribution in [0.15, 0.2) is 32.6 Å². The van der Waals surface area contributed by atoms with Crippen LogP contribution in [-0.2, 0) is 6.61 Å². The molecular formula is C17H15Cl2N5O5. The second-order valence-electron chi connectivity index (χ2n) is 6.26. The molecule has 0 saturated heterocycles. The number of benzene rings is 1. The van der Waals surface area contributed by atoms with Crippen LogP contribution in [0.25, 0.3) is 5.69 Å². The number of aliphatic hydroxyl groups is 1. The zero-order valence-corrected chi connectivity index (χ0v) is 16.7. The number of halogens is 2. The molecule has 2 aromatic heterocycles. The molecule has 12 heteroatoms. The third-order valence-electron chi connectivity index (χ3n) is 3.91. The van der Waals surface area contributed by atoms with E-state index in [1.165, 1.54) is 18.2 Å². The van der Waals surface area contributed by atoms with E-state index in [2.05, 4.69) is 15.3 Å². The number of nitrogens with one attached hydrogen (secondary N) is 2. The maximum absolute atomic E-state index is 12.0. The first-order valence-corrected chi connectivity index (χ1v) is 9.07. The Morgan fingerprint density at radius 2 is 1.79 bits per heavy atom. The van der Waals surface area contributed by atoms with Crippen molar-refractivity contribution in [2.45, 2.75) is 26.4 Å². The van der Waals surface area contributed by atoms with Gasteiger partial charge in [-0.1, -0.05) is 37.0 Å². The van der Waals surface area contributed by atoms with Gasteiger partial charge in [-0.3, -0.25) is 14.6 Å². The SMILES string of the molecule is CC(C)c1cc(Oc2c(Cl)cc(-n3nc(CO)c(=O)[nH]c3=O)cc2Cl)n[nH]c1=O. The molecule has 152 valence electrons. The van der Waals surface area contributed by atoms with Crippen molar-refractivity contribution in [3.05, 3.63) is 70.7 Å². The lowest BCUT2D eigenvalue weighted by Crippen LogP contribution is -2.34. The Hall–Kier alpha value is -2.95. The minimum Gasteiger partial charge on any atom is -0.434 e. The predicted octanol–water partition coefficient (Wildman–Crippen LogP) is 1.72. The molecule has 10 nitrogen and oxygen atoms in total. The van der Waals surface area contributed by atoms with Crippen LogP contribution in [0, 0.1) is 0 Å². The fraction of sp³-hybridized carbons (Fsp3) is 0.235. The average molecular weight is 440 g/mol. The first-order valence-electron chi connectivity index (χ1n) is 8.31. The number of aromatic nitrogens is 5. The van der Waals surface area contributed by atoms with Crippen molar-refractivity contribution in [3.63, 3.8) is 0 Å². The molecule has 0 saturated carbocycles. The van der Waals surface area contributed by atoms with Gasteiger partial charge in [-0.25, -0.2) is 9.89 Å². The summed E-state index contributed by atoms with van der Waals surface area (Å²) in [4.78, 5) is 37.4. The van der Waals surface area contributed by atoms with Gasteiger partial charge < -0.3 is 9.84 Å². The second-order valence-corrected chi connectivity index (χ2v) is 7.08.